The molecule has 0 spiro atoms. The number of pyridine rings is 1. The summed E-state index contributed by atoms with van der Waals surface area (Å²) in [5.41, 5.74) is 3.83. The number of hydrogen-bond donors (Lipinski definition) is 0. The van der Waals surface area contributed by atoms with Crippen LogP contribution < -0.4 is 0 Å². The van der Waals surface area contributed by atoms with E-state index in [4.69, 9.17) is 0 Å². The molecule has 3 aromatic rings. The number of fused-ring (bicyclic) bond motifs is 1. The molecule has 1 amide bonds. The fourth-order valence-electron chi connectivity index (χ4n) is 3.53. The normalized spacial score (nSPS) is 16.7. The number of aromatic nitrogens is 3. The molecule has 4 heterocycles. The highest BCUT2D eigenvalue weighted by Crippen LogP contribution is 2.36. The Hall–Kier alpha value is -2.47. The van der Waals surface area contributed by atoms with Crippen LogP contribution in [0.1, 0.15) is 40.2 Å². The van der Waals surface area contributed by atoms with Crippen LogP contribution in [0.3, 0.4) is 0 Å². The van der Waals surface area contributed by atoms with Crippen LogP contribution in [0.5, 0.6) is 0 Å². The molecule has 0 saturated heterocycles. The molecule has 0 aromatic carbocycles. The van der Waals surface area contributed by atoms with Crippen molar-refractivity contribution in [3.05, 3.63) is 58.3 Å². The average Bonchev–Trinajstić information content (AvgIpc) is 3.29. The van der Waals surface area contributed by atoms with Crippen LogP contribution in [0, 0.1) is 0 Å². The Morgan fingerprint density at radius 2 is 2.20 bits per heavy atom. The Balaban J connectivity index is 1.65. The van der Waals surface area contributed by atoms with Crippen molar-refractivity contribution in [2.75, 3.05) is 6.54 Å². The summed E-state index contributed by atoms with van der Waals surface area (Å²) in [5, 5.41) is 6.33. The van der Waals surface area contributed by atoms with Crippen LogP contribution >= 0.6 is 11.3 Å². The Bertz CT molecular complexity index is 914. The molecule has 5 nitrogen and oxygen atoms in total. The van der Waals surface area contributed by atoms with Gasteiger partial charge in [-0.15, -0.1) is 11.3 Å². The van der Waals surface area contributed by atoms with Crippen molar-refractivity contribution in [2.45, 2.75) is 25.8 Å². The molecule has 4 rings (SSSR count). The quantitative estimate of drug-likeness (QED) is 0.722. The molecule has 3 aromatic heterocycles. The van der Waals surface area contributed by atoms with Gasteiger partial charge in [0.25, 0.3) is 5.91 Å². The van der Waals surface area contributed by atoms with Gasteiger partial charge in [0.1, 0.15) is 0 Å². The van der Waals surface area contributed by atoms with Gasteiger partial charge in [0.15, 0.2) is 0 Å². The van der Waals surface area contributed by atoms with Crippen molar-refractivity contribution >= 4 is 17.2 Å². The molecule has 0 fully saturated rings. The lowest BCUT2D eigenvalue weighted by atomic mass is 9.97. The summed E-state index contributed by atoms with van der Waals surface area (Å²) in [7, 11) is 1.88. The first-order valence-corrected chi connectivity index (χ1v) is 9.36. The van der Waals surface area contributed by atoms with Crippen LogP contribution in [0.2, 0.25) is 0 Å². The molecular weight excluding hydrogens is 332 g/mol. The first-order valence-electron chi connectivity index (χ1n) is 8.48. The van der Waals surface area contributed by atoms with Gasteiger partial charge in [-0.2, -0.15) is 5.10 Å². The Morgan fingerprint density at radius 1 is 1.32 bits per heavy atom. The molecule has 1 aliphatic heterocycles. The second-order valence-corrected chi connectivity index (χ2v) is 7.34. The van der Waals surface area contributed by atoms with Crippen molar-refractivity contribution in [3.8, 4) is 11.1 Å². The molecule has 128 valence electrons. The highest BCUT2D eigenvalue weighted by atomic mass is 32.1. The number of hydrogen-bond acceptors (Lipinski definition) is 4. The van der Waals surface area contributed by atoms with E-state index in [1.807, 2.05) is 24.2 Å². The fraction of sp³-hybridized carbons (Fsp3) is 0.316. The van der Waals surface area contributed by atoms with Crippen molar-refractivity contribution in [2.24, 2.45) is 7.05 Å². The van der Waals surface area contributed by atoms with E-state index in [1.165, 1.54) is 10.4 Å². The summed E-state index contributed by atoms with van der Waals surface area (Å²) in [5.74, 6) is 0.0574. The highest BCUT2D eigenvalue weighted by Gasteiger charge is 2.31. The van der Waals surface area contributed by atoms with Crippen molar-refractivity contribution in [3.63, 3.8) is 0 Å². The zero-order valence-corrected chi connectivity index (χ0v) is 15.2. The third-order valence-corrected chi connectivity index (χ3v) is 5.76. The maximum absolute atomic E-state index is 13.2. The second-order valence-electron chi connectivity index (χ2n) is 6.34. The Morgan fingerprint density at radius 3 is 2.96 bits per heavy atom. The zero-order valence-electron chi connectivity index (χ0n) is 14.3. The summed E-state index contributed by atoms with van der Waals surface area (Å²) in [6.07, 6.45) is 9.02. The summed E-state index contributed by atoms with van der Waals surface area (Å²) < 4.78 is 1.75. The van der Waals surface area contributed by atoms with Gasteiger partial charge in [-0.3, -0.25) is 14.5 Å². The molecule has 0 saturated carbocycles. The second kappa shape index (κ2) is 6.44. The maximum atomic E-state index is 13.2. The van der Waals surface area contributed by atoms with Gasteiger partial charge in [-0.25, -0.2) is 0 Å². The number of thiophene rings is 1. The lowest BCUT2D eigenvalue weighted by molar-refractivity contribution is 0.0657. The minimum Gasteiger partial charge on any atom is -0.331 e. The lowest BCUT2D eigenvalue weighted by Crippen LogP contribution is -2.39. The predicted molar refractivity (Wildman–Crippen MR) is 98.5 cm³/mol. The van der Waals surface area contributed by atoms with E-state index < -0.39 is 0 Å². The van der Waals surface area contributed by atoms with E-state index in [0.717, 1.165) is 30.5 Å². The standard InChI is InChI=1S/C19H20N4OS/c1-3-17-16-5-7-25-18(16)4-6-23(17)19(24)14-8-13(9-20-10-14)15-11-21-22(2)12-15/h5,7-12,17H,3-4,6H2,1-2H3/t17-/m1/s1. The molecular formula is C19H20N4OS. The van der Waals surface area contributed by atoms with Gasteiger partial charge < -0.3 is 4.90 Å². The predicted octanol–water partition coefficient (Wildman–Crippen LogP) is 3.69. The number of carbonyl (C=O) groups excluding carboxylic acids is 1. The summed E-state index contributed by atoms with van der Waals surface area (Å²) in [4.78, 5) is 20.9. The van der Waals surface area contributed by atoms with Gasteiger partial charge in [0.05, 0.1) is 17.8 Å². The number of amides is 1. The van der Waals surface area contributed by atoms with E-state index in [2.05, 4.69) is 28.5 Å². The van der Waals surface area contributed by atoms with E-state index in [1.54, 1.807) is 34.6 Å². The zero-order chi connectivity index (χ0) is 17.4. The number of aryl methyl sites for hydroxylation is 1. The summed E-state index contributed by atoms with van der Waals surface area (Å²) in [6.45, 7) is 2.91. The molecule has 25 heavy (non-hydrogen) atoms. The van der Waals surface area contributed by atoms with E-state index in [9.17, 15) is 4.79 Å². The van der Waals surface area contributed by atoms with Crippen LogP contribution in [-0.2, 0) is 13.5 Å². The van der Waals surface area contributed by atoms with Crippen molar-refractivity contribution in [1.29, 1.82) is 0 Å². The molecule has 1 atom stereocenters. The van der Waals surface area contributed by atoms with Crippen molar-refractivity contribution < 1.29 is 4.79 Å². The molecule has 0 bridgehead atoms. The Kier molecular flexibility index (Phi) is 4.13. The number of nitrogens with zero attached hydrogens (tertiary/aromatic N) is 4. The van der Waals surface area contributed by atoms with Gasteiger partial charge in [-0.05, 0) is 35.9 Å². The third-order valence-electron chi connectivity index (χ3n) is 4.77. The molecule has 0 unspecified atom stereocenters. The number of carbonyl (C=O) groups is 1. The van der Waals surface area contributed by atoms with Crippen molar-refractivity contribution in [1.82, 2.24) is 19.7 Å². The van der Waals surface area contributed by atoms with Crippen LogP contribution in [0.25, 0.3) is 11.1 Å². The molecule has 0 N–H and O–H groups in total. The molecule has 6 heteroatoms. The molecule has 0 aliphatic carbocycles. The monoisotopic (exact) mass is 352 g/mol. The van der Waals surface area contributed by atoms with Gasteiger partial charge in [0, 0.05) is 48.2 Å². The van der Waals surface area contributed by atoms with E-state index >= 15 is 0 Å². The first kappa shape index (κ1) is 16.0. The number of rotatable bonds is 3. The van der Waals surface area contributed by atoms with Crippen LogP contribution in [0.15, 0.2) is 42.3 Å². The molecule has 0 radical (unpaired) electrons. The van der Waals surface area contributed by atoms with Crippen LogP contribution in [-0.4, -0.2) is 32.1 Å². The van der Waals surface area contributed by atoms with Gasteiger partial charge in [0.2, 0.25) is 0 Å². The third kappa shape index (κ3) is 2.87. The Labute approximate surface area is 150 Å². The summed E-state index contributed by atoms with van der Waals surface area (Å²) >= 11 is 1.80. The molecule has 1 aliphatic rings. The van der Waals surface area contributed by atoms with Crippen LogP contribution in [0.4, 0.5) is 0 Å². The average molecular weight is 352 g/mol. The van der Waals surface area contributed by atoms with E-state index in [0.29, 0.717) is 5.56 Å². The minimum atomic E-state index is 0.0574. The van der Waals surface area contributed by atoms with Gasteiger partial charge in [-0.1, -0.05) is 6.92 Å². The topological polar surface area (TPSA) is 51.0 Å². The smallest absolute Gasteiger partial charge is 0.255 e. The highest BCUT2D eigenvalue weighted by molar-refractivity contribution is 7.10. The van der Waals surface area contributed by atoms with Gasteiger partial charge >= 0.3 is 0 Å². The maximum Gasteiger partial charge on any atom is 0.255 e. The first-order chi connectivity index (χ1) is 12.2. The van der Waals surface area contributed by atoms with E-state index in [-0.39, 0.29) is 11.9 Å². The lowest BCUT2D eigenvalue weighted by Gasteiger charge is -2.35. The fourth-order valence-corrected chi connectivity index (χ4v) is 4.46. The largest absolute Gasteiger partial charge is 0.331 e. The summed E-state index contributed by atoms with van der Waals surface area (Å²) in [6, 6.07) is 4.24. The minimum absolute atomic E-state index is 0.0574. The SMILES string of the molecule is CC[C@@H]1c2ccsc2CCN1C(=O)c1cncc(-c2cnn(C)c2)c1.